The van der Waals surface area contributed by atoms with E-state index in [1.54, 1.807) is 7.05 Å². The lowest BCUT2D eigenvalue weighted by Crippen LogP contribution is -2.44. The molecule has 5 heteroatoms. The average Bonchev–Trinajstić information content (AvgIpc) is 3.33. The third-order valence-corrected chi connectivity index (χ3v) is 5.16. The maximum Gasteiger partial charge on any atom is 0.191 e. The number of aliphatic imine (C=N–C) groups is 1. The smallest absolute Gasteiger partial charge is 0.191 e. The van der Waals surface area contributed by atoms with Crippen LogP contribution in [0.3, 0.4) is 0 Å². The van der Waals surface area contributed by atoms with Gasteiger partial charge in [0.1, 0.15) is 0 Å². The van der Waals surface area contributed by atoms with Crippen molar-refractivity contribution in [2.75, 3.05) is 13.6 Å². The molecule has 0 atom stereocenters. The molecule has 1 saturated carbocycles. The molecule has 2 N–H and O–H groups in total. The predicted octanol–water partition coefficient (Wildman–Crippen LogP) is 3.41. The van der Waals surface area contributed by atoms with Crippen LogP contribution in [0.1, 0.15) is 49.6 Å². The van der Waals surface area contributed by atoms with E-state index in [4.69, 9.17) is 4.52 Å². The Bertz CT molecular complexity index is 687. The van der Waals surface area contributed by atoms with Crippen LogP contribution in [0, 0.1) is 0 Å². The highest BCUT2D eigenvalue weighted by Gasteiger charge is 2.35. The number of aryl methyl sites for hydroxylation is 1. The van der Waals surface area contributed by atoms with Crippen LogP contribution in [0.15, 0.2) is 45.9 Å². The number of aromatic nitrogens is 1. The maximum atomic E-state index is 5.32. The van der Waals surface area contributed by atoms with Crippen molar-refractivity contribution in [2.24, 2.45) is 4.99 Å². The molecule has 0 bridgehead atoms. The molecule has 1 aromatic carbocycles. The standard InChI is InChI=1S/C20H28N4O/c1-3-17-13-18(25-24-17)14-22-19(21-2)23-15-20(11-7-8-12-20)16-9-5-4-6-10-16/h4-6,9-10,13H,3,7-8,11-12,14-15H2,1-2H3,(H2,21,22,23). The van der Waals surface area contributed by atoms with Crippen LogP contribution in [0.2, 0.25) is 0 Å². The van der Waals surface area contributed by atoms with Crippen LogP contribution in [0.4, 0.5) is 0 Å². The van der Waals surface area contributed by atoms with Gasteiger partial charge >= 0.3 is 0 Å². The lowest BCUT2D eigenvalue weighted by atomic mass is 9.79. The van der Waals surface area contributed by atoms with Crippen molar-refractivity contribution < 1.29 is 4.52 Å². The predicted molar refractivity (Wildman–Crippen MR) is 101 cm³/mol. The first-order valence-corrected chi connectivity index (χ1v) is 9.20. The van der Waals surface area contributed by atoms with Gasteiger partial charge in [-0.15, -0.1) is 0 Å². The van der Waals surface area contributed by atoms with Gasteiger partial charge in [0.15, 0.2) is 11.7 Å². The lowest BCUT2D eigenvalue weighted by Gasteiger charge is -2.30. The first-order valence-electron chi connectivity index (χ1n) is 9.20. The molecule has 1 fully saturated rings. The van der Waals surface area contributed by atoms with Crippen molar-refractivity contribution in [3.8, 4) is 0 Å². The molecule has 134 valence electrons. The van der Waals surface area contributed by atoms with Crippen molar-refractivity contribution in [3.63, 3.8) is 0 Å². The summed E-state index contributed by atoms with van der Waals surface area (Å²) in [5.74, 6) is 1.63. The average molecular weight is 340 g/mol. The van der Waals surface area contributed by atoms with Gasteiger partial charge in [-0.25, -0.2) is 0 Å². The number of nitrogens with one attached hydrogen (secondary N) is 2. The van der Waals surface area contributed by atoms with Crippen molar-refractivity contribution in [3.05, 3.63) is 53.4 Å². The normalized spacial score (nSPS) is 16.8. The molecular weight excluding hydrogens is 312 g/mol. The highest BCUT2D eigenvalue weighted by Crippen LogP contribution is 2.40. The van der Waals surface area contributed by atoms with E-state index in [1.807, 2.05) is 6.07 Å². The highest BCUT2D eigenvalue weighted by molar-refractivity contribution is 5.79. The largest absolute Gasteiger partial charge is 0.359 e. The summed E-state index contributed by atoms with van der Waals surface area (Å²) in [6, 6.07) is 12.9. The van der Waals surface area contributed by atoms with Gasteiger partial charge in [-0.05, 0) is 24.8 Å². The molecule has 1 aliphatic carbocycles. The molecule has 1 heterocycles. The summed E-state index contributed by atoms with van der Waals surface area (Å²) >= 11 is 0. The van der Waals surface area contributed by atoms with E-state index in [1.165, 1.54) is 31.2 Å². The second-order valence-corrected chi connectivity index (χ2v) is 6.77. The van der Waals surface area contributed by atoms with Crippen molar-refractivity contribution >= 4 is 5.96 Å². The zero-order chi connectivity index (χ0) is 17.5. The molecule has 0 saturated heterocycles. The molecule has 0 unspecified atom stereocenters. The number of hydrogen-bond acceptors (Lipinski definition) is 3. The summed E-state index contributed by atoms with van der Waals surface area (Å²) in [5.41, 5.74) is 2.62. The number of benzene rings is 1. The van der Waals surface area contributed by atoms with E-state index >= 15 is 0 Å². The first-order chi connectivity index (χ1) is 12.3. The maximum absolute atomic E-state index is 5.32. The molecule has 5 nitrogen and oxygen atoms in total. The van der Waals surface area contributed by atoms with Gasteiger partial charge in [-0.1, -0.05) is 55.3 Å². The van der Waals surface area contributed by atoms with Crippen LogP contribution in [-0.2, 0) is 18.4 Å². The summed E-state index contributed by atoms with van der Waals surface area (Å²) in [7, 11) is 1.80. The summed E-state index contributed by atoms with van der Waals surface area (Å²) in [4.78, 5) is 4.35. The van der Waals surface area contributed by atoms with Crippen LogP contribution >= 0.6 is 0 Å². The highest BCUT2D eigenvalue weighted by atomic mass is 16.5. The van der Waals surface area contributed by atoms with Crippen molar-refractivity contribution in [1.29, 1.82) is 0 Å². The Balaban J connectivity index is 1.59. The number of guanidine groups is 1. The van der Waals surface area contributed by atoms with Gasteiger partial charge in [0.05, 0.1) is 12.2 Å². The fourth-order valence-electron chi connectivity index (χ4n) is 3.66. The minimum Gasteiger partial charge on any atom is -0.359 e. The fourth-order valence-corrected chi connectivity index (χ4v) is 3.66. The van der Waals surface area contributed by atoms with Gasteiger partial charge < -0.3 is 15.2 Å². The van der Waals surface area contributed by atoms with Gasteiger partial charge in [-0.3, -0.25) is 4.99 Å². The molecule has 0 amide bonds. The number of rotatable bonds is 6. The first kappa shape index (κ1) is 17.5. The number of hydrogen-bond donors (Lipinski definition) is 2. The molecular formula is C20H28N4O. The molecule has 0 spiro atoms. The molecule has 3 rings (SSSR count). The third kappa shape index (κ3) is 4.21. The molecule has 1 aromatic heterocycles. The summed E-state index contributed by atoms with van der Waals surface area (Å²) in [5, 5.41) is 10.9. The van der Waals surface area contributed by atoms with Crippen molar-refractivity contribution in [2.45, 2.75) is 51.0 Å². The van der Waals surface area contributed by atoms with E-state index in [-0.39, 0.29) is 5.41 Å². The van der Waals surface area contributed by atoms with Crippen LogP contribution in [-0.4, -0.2) is 24.7 Å². The van der Waals surface area contributed by atoms with Gasteiger partial charge in [0.25, 0.3) is 0 Å². The summed E-state index contributed by atoms with van der Waals surface area (Å²) in [6.45, 7) is 3.55. The molecule has 1 aliphatic rings. The van der Waals surface area contributed by atoms with E-state index in [0.717, 1.165) is 30.4 Å². The zero-order valence-electron chi connectivity index (χ0n) is 15.2. The second-order valence-electron chi connectivity index (χ2n) is 6.77. The van der Waals surface area contributed by atoms with Gasteiger partial charge in [0, 0.05) is 25.1 Å². The Morgan fingerprint density at radius 3 is 2.60 bits per heavy atom. The Kier molecular flexibility index (Phi) is 5.74. The van der Waals surface area contributed by atoms with E-state index in [2.05, 4.69) is 58.0 Å². The lowest BCUT2D eigenvalue weighted by molar-refractivity contribution is 0.374. The Hall–Kier alpha value is -2.30. The van der Waals surface area contributed by atoms with Gasteiger partial charge in [0.2, 0.25) is 0 Å². The Morgan fingerprint density at radius 1 is 1.20 bits per heavy atom. The molecule has 0 radical (unpaired) electrons. The summed E-state index contributed by atoms with van der Waals surface area (Å²) < 4.78 is 5.32. The minimum atomic E-state index is 0.209. The Labute approximate surface area is 149 Å². The molecule has 2 aromatic rings. The van der Waals surface area contributed by atoms with Crippen LogP contribution in [0.25, 0.3) is 0 Å². The van der Waals surface area contributed by atoms with Crippen LogP contribution in [0.5, 0.6) is 0 Å². The SMILES string of the molecule is CCc1cc(CNC(=NC)NCC2(c3ccccc3)CCCC2)on1. The van der Waals surface area contributed by atoms with E-state index in [9.17, 15) is 0 Å². The summed E-state index contributed by atoms with van der Waals surface area (Å²) in [6.07, 6.45) is 5.92. The fraction of sp³-hybridized carbons (Fsp3) is 0.500. The number of nitrogens with zero attached hydrogens (tertiary/aromatic N) is 2. The molecule has 0 aliphatic heterocycles. The van der Waals surface area contributed by atoms with Crippen molar-refractivity contribution in [1.82, 2.24) is 15.8 Å². The zero-order valence-corrected chi connectivity index (χ0v) is 15.2. The van der Waals surface area contributed by atoms with E-state index < -0.39 is 0 Å². The van der Waals surface area contributed by atoms with Crippen LogP contribution < -0.4 is 10.6 Å². The Morgan fingerprint density at radius 2 is 1.96 bits per heavy atom. The van der Waals surface area contributed by atoms with E-state index in [0.29, 0.717) is 6.54 Å². The monoisotopic (exact) mass is 340 g/mol. The second kappa shape index (κ2) is 8.19. The van der Waals surface area contributed by atoms with Gasteiger partial charge in [-0.2, -0.15) is 0 Å². The quantitative estimate of drug-likeness (QED) is 0.625. The topological polar surface area (TPSA) is 62.5 Å². The molecule has 25 heavy (non-hydrogen) atoms. The third-order valence-electron chi connectivity index (χ3n) is 5.16. The minimum absolute atomic E-state index is 0.209.